The molecule has 0 saturated carbocycles. The number of fused-ring (bicyclic) bond motifs is 1. The fourth-order valence-electron chi connectivity index (χ4n) is 4.00. The summed E-state index contributed by atoms with van der Waals surface area (Å²) in [4.78, 5) is 0. The molecule has 0 aromatic heterocycles. The number of benzene rings is 2. The molecule has 0 N–H and O–H groups in total. The summed E-state index contributed by atoms with van der Waals surface area (Å²) in [7, 11) is 3.42. The topological polar surface area (TPSA) is 46.2 Å². The summed E-state index contributed by atoms with van der Waals surface area (Å²) in [5.41, 5.74) is 6.48. The molecule has 0 unspecified atom stereocenters. The Morgan fingerprint density at radius 1 is 0.933 bits per heavy atom. The molecule has 2 aromatic carbocycles. The van der Waals surface area contributed by atoms with Crippen LogP contribution < -0.4 is 9.47 Å². The molecular weight excluding hydrogens is 380 g/mol. The minimum absolute atomic E-state index is 0.208. The first-order chi connectivity index (χ1) is 14.6. The summed E-state index contributed by atoms with van der Waals surface area (Å²) in [6.07, 6.45) is 2.64. The van der Waals surface area contributed by atoms with Crippen LogP contribution in [0.3, 0.4) is 0 Å². The average molecular weight is 413 g/mol. The van der Waals surface area contributed by atoms with E-state index in [0.29, 0.717) is 19.8 Å². The van der Waals surface area contributed by atoms with E-state index in [4.69, 9.17) is 23.7 Å². The number of methoxy groups -OCH3 is 2. The average Bonchev–Trinajstić information content (AvgIpc) is 3.08. The maximum absolute atomic E-state index is 6.05. The molecule has 0 heterocycles. The molecule has 0 radical (unpaired) electrons. The van der Waals surface area contributed by atoms with Crippen molar-refractivity contribution in [3.8, 4) is 11.5 Å². The van der Waals surface area contributed by atoms with Crippen LogP contribution >= 0.6 is 0 Å². The van der Waals surface area contributed by atoms with Crippen LogP contribution in [0.1, 0.15) is 47.8 Å². The molecule has 2 aromatic rings. The molecule has 0 bridgehead atoms. The van der Waals surface area contributed by atoms with Gasteiger partial charge in [0.1, 0.15) is 24.4 Å². The first kappa shape index (κ1) is 22.3. The van der Waals surface area contributed by atoms with E-state index < -0.39 is 0 Å². The van der Waals surface area contributed by atoms with E-state index in [2.05, 4.69) is 32.1 Å². The zero-order valence-corrected chi connectivity index (χ0v) is 18.6. The lowest BCUT2D eigenvalue weighted by atomic mass is 9.94. The number of hydrogen-bond acceptors (Lipinski definition) is 5. The smallest absolute Gasteiger partial charge is 0.147 e. The van der Waals surface area contributed by atoms with Gasteiger partial charge in [0.15, 0.2) is 0 Å². The Balaban J connectivity index is 1.85. The molecule has 0 amide bonds. The summed E-state index contributed by atoms with van der Waals surface area (Å²) in [6.45, 7) is 8.12. The van der Waals surface area contributed by atoms with E-state index in [1.807, 2.05) is 25.1 Å². The predicted octanol–water partition coefficient (Wildman–Crippen LogP) is 5.24. The normalized spacial score (nSPS) is 15.1. The van der Waals surface area contributed by atoms with Crippen LogP contribution in [0.4, 0.5) is 0 Å². The maximum atomic E-state index is 6.05. The fourth-order valence-corrected chi connectivity index (χ4v) is 4.00. The lowest BCUT2D eigenvalue weighted by Crippen LogP contribution is -2.12. The van der Waals surface area contributed by atoms with E-state index in [1.54, 1.807) is 14.2 Å². The third kappa shape index (κ3) is 4.69. The van der Waals surface area contributed by atoms with Gasteiger partial charge in [0.05, 0.1) is 27.4 Å². The van der Waals surface area contributed by atoms with E-state index in [1.165, 1.54) is 0 Å². The number of hydrogen-bond donors (Lipinski definition) is 0. The Hall–Kier alpha value is -2.34. The van der Waals surface area contributed by atoms with Crippen molar-refractivity contribution in [3.05, 3.63) is 63.7 Å². The highest BCUT2D eigenvalue weighted by molar-refractivity contribution is 5.77. The van der Waals surface area contributed by atoms with Gasteiger partial charge >= 0.3 is 0 Å². The fraction of sp³-hybridized carbons (Fsp3) is 0.440. The minimum Gasteiger partial charge on any atom is -0.496 e. The second kappa shape index (κ2) is 10.6. The summed E-state index contributed by atoms with van der Waals surface area (Å²) in [6, 6.07) is 10.2. The van der Waals surface area contributed by atoms with Gasteiger partial charge in [-0.2, -0.15) is 0 Å². The number of ether oxygens (including phenoxy) is 5. The van der Waals surface area contributed by atoms with Gasteiger partial charge in [-0.15, -0.1) is 0 Å². The molecule has 0 fully saturated rings. The molecule has 0 spiro atoms. The van der Waals surface area contributed by atoms with Crippen molar-refractivity contribution in [1.29, 1.82) is 0 Å². The van der Waals surface area contributed by atoms with Crippen LogP contribution in [0, 0.1) is 6.92 Å². The lowest BCUT2D eigenvalue weighted by molar-refractivity contribution is -0.0756. The third-order valence-corrected chi connectivity index (χ3v) is 5.43. The van der Waals surface area contributed by atoms with Crippen LogP contribution in [0.25, 0.3) is 6.08 Å². The van der Waals surface area contributed by atoms with Gasteiger partial charge in [0, 0.05) is 23.3 Å². The van der Waals surface area contributed by atoms with Gasteiger partial charge in [0.25, 0.3) is 0 Å². The van der Waals surface area contributed by atoms with E-state index >= 15 is 0 Å². The van der Waals surface area contributed by atoms with Crippen LogP contribution in [0.15, 0.2) is 35.9 Å². The molecule has 30 heavy (non-hydrogen) atoms. The van der Waals surface area contributed by atoms with Gasteiger partial charge in [-0.3, -0.25) is 0 Å². The Kier molecular flexibility index (Phi) is 7.91. The van der Waals surface area contributed by atoms with E-state index in [9.17, 15) is 0 Å². The Morgan fingerprint density at radius 2 is 1.67 bits per heavy atom. The highest BCUT2D eigenvalue weighted by Crippen LogP contribution is 2.49. The standard InChI is InChI=1S/C25H32O5/c1-6-28-16-30-23-17(2)14-21-22(23)25(27-5)20(18(3)24(21)26-4)12-13-29-15-19-10-8-7-9-11-19/h7-11,14,23H,6,12-13,15-16H2,1-5H3/t23-/m0/s1. The van der Waals surface area contributed by atoms with Gasteiger partial charge in [-0.05, 0) is 50.0 Å². The zero-order chi connectivity index (χ0) is 21.5. The summed E-state index contributed by atoms with van der Waals surface area (Å²) < 4.78 is 29.1. The van der Waals surface area contributed by atoms with Crippen molar-refractivity contribution >= 4 is 6.08 Å². The van der Waals surface area contributed by atoms with Crippen molar-refractivity contribution < 1.29 is 23.7 Å². The zero-order valence-electron chi connectivity index (χ0n) is 18.6. The molecule has 3 rings (SSSR count). The van der Waals surface area contributed by atoms with Gasteiger partial charge in [0.2, 0.25) is 0 Å². The van der Waals surface area contributed by atoms with Crippen molar-refractivity contribution in [2.24, 2.45) is 0 Å². The monoisotopic (exact) mass is 412 g/mol. The van der Waals surface area contributed by atoms with Gasteiger partial charge in [-0.25, -0.2) is 0 Å². The largest absolute Gasteiger partial charge is 0.496 e. The first-order valence-corrected chi connectivity index (χ1v) is 10.4. The highest BCUT2D eigenvalue weighted by atomic mass is 16.7. The molecule has 1 atom stereocenters. The first-order valence-electron chi connectivity index (χ1n) is 10.4. The quantitative estimate of drug-likeness (QED) is 0.373. The third-order valence-electron chi connectivity index (χ3n) is 5.43. The molecule has 5 heteroatoms. The van der Waals surface area contributed by atoms with Crippen LogP contribution in [0.2, 0.25) is 0 Å². The Labute approximate surface area is 179 Å². The molecule has 162 valence electrons. The molecule has 0 saturated heterocycles. The summed E-state index contributed by atoms with van der Waals surface area (Å²) in [5.74, 6) is 1.71. The van der Waals surface area contributed by atoms with Crippen LogP contribution in [0.5, 0.6) is 11.5 Å². The van der Waals surface area contributed by atoms with E-state index in [0.717, 1.165) is 51.3 Å². The minimum atomic E-state index is -0.208. The molecule has 1 aliphatic carbocycles. The summed E-state index contributed by atoms with van der Waals surface area (Å²) in [5, 5.41) is 0. The van der Waals surface area contributed by atoms with Crippen molar-refractivity contribution in [3.63, 3.8) is 0 Å². The van der Waals surface area contributed by atoms with E-state index in [-0.39, 0.29) is 12.9 Å². The SMILES string of the molecule is CCOCO[C@H]1C(C)=Cc2c(OC)c(C)c(CCOCc3ccccc3)c(OC)c21. The molecule has 1 aliphatic rings. The maximum Gasteiger partial charge on any atom is 0.147 e. The predicted molar refractivity (Wildman–Crippen MR) is 118 cm³/mol. The Bertz CT molecular complexity index is 873. The Morgan fingerprint density at radius 3 is 2.33 bits per heavy atom. The van der Waals surface area contributed by atoms with Crippen LogP contribution in [-0.4, -0.2) is 34.2 Å². The molecule has 0 aliphatic heterocycles. The van der Waals surface area contributed by atoms with Crippen molar-refractivity contribution in [2.75, 3.05) is 34.2 Å². The van der Waals surface area contributed by atoms with Gasteiger partial charge in [-0.1, -0.05) is 30.3 Å². The molecular formula is C25H32O5. The second-order valence-corrected chi connectivity index (χ2v) is 7.33. The second-order valence-electron chi connectivity index (χ2n) is 7.33. The van der Waals surface area contributed by atoms with Gasteiger partial charge < -0.3 is 23.7 Å². The van der Waals surface area contributed by atoms with Crippen LogP contribution in [-0.2, 0) is 27.2 Å². The van der Waals surface area contributed by atoms with Crippen molar-refractivity contribution in [1.82, 2.24) is 0 Å². The number of rotatable bonds is 11. The van der Waals surface area contributed by atoms with Crippen molar-refractivity contribution in [2.45, 2.75) is 39.9 Å². The lowest BCUT2D eigenvalue weighted by Gasteiger charge is -2.24. The summed E-state index contributed by atoms with van der Waals surface area (Å²) >= 11 is 0. The molecule has 5 nitrogen and oxygen atoms in total. The highest BCUT2D eigenvalue weighted by Gasteiger charge is 2.33.